The monoisotopic (exact) mass is 512 g/mol. The van der Waals surface area contributed by atoms with Gasteiger partial charge in [0.1, 0.15) is 11.5 Å². The van der Waals surface area contributed by atoms with Gasteiger partial charge in [-0.3, -0.25) is 9.67 Å². The Morgan fingerprint density at radius 3 is 2.53 bits per heavy atom. The number of aromatic nitrogens is 4. The standard InChI is InChI=1S/C29H32N6O3/c1-34-17-21(15-32-34)29-16-31-27-7-6-22(12-28(27)33-29)35(23-10-25(37-2)13-26(11-23)38-3)18-24(36)9-19-4-5-20(8-19)14-30/h6-7,10-13,15-17,19-20,24,36H,4-5,8-9,18H2,1-3H3/t19?,20-,24+/m0/s1. The van der Waals surface area contributed by atoms with Gasteiger partial charge in [0.25, 0.3) is 0 Å². The summed E-state index contributed by atoms with van der Waals surface area (Å²) in [5.41, 5.74) is 4.85. The molecule has 0 radical (unpaired) electrons. The van der Waals surface area contributed by atoms with Crippen molar-refractivity contribution in [2.45, 2.75) is 31.8 Å². The summed E-state index contributed by atoms with van der Waals surface area (Å²) in [6.07, 6.45) is 8.23. The number of rotatable bonds is 9. The lowest BCUT2D eigenvalue weighted by Crippen LogP contribution is -2.30. The van der Waals surface area contributed by atoms with E-state index in [1.54, 1.807) is 31.3 Å². The molecule has 38 heavy (non-hydrogen) atoms. The molecular formula is C29H32N6O3. The Kier molecular flexibility index (Phi) is 7.43. The minimum absolute atomic E-state index is 0.0963. The molecule has 0 saturated heterocycles. The number of methoxy groups -OCH3 is 2. The number of nitrogens with zero attached hydrogens (tertiary/aromatic N) is 6. The van der Waals surface area contributed by atoms with E-state index in [0.29, 0.717) is 30.4 Å². The first-order valence-corrected chi connectivity index (χ1v) is 12.8. The zero-order valence-electron chi connectivity index (χ0n) is 21.9. The van der Waals surface area contributed by atoms with Gasteiger partial charge in [0.05, 0.1) is 55.5 Å². The number of aryl methyl sites for hydroxylation is 1. The van der Waals surface area contributed by atoms with E-state index < -0.39 is 6.10 Å². The molecule has 1 aliphatic rings. The fourth-order valence-corrected chi connectivity index (χ4v) is 5.24. The van der Waals surface area contributed by atoms with E-state index >= 15 is 0 Å². The molecular weight excluding hydrogens is 480 g/mol. The van der Waals surface area contributed by atoms with Gasteiger partial charge in [-0.2, -0.15) is 10.4 Å². The molecule has 2 heterocycles. The average molecular weight is 513 g/mol. The smallest absolute Gasteiger partial charge is 0.124 e. The first-order valence-electron chi connectivity index (χ1n) is 12.8. The minimum Gasteiger partial charge on any atom is -0.497 e. The number of ether oxygens (including phenoxy) is 2. The molecule has 1 saturated carbocycles. The van der Waals surface area contributed by atoms with Crippen molar-refractivity contribution >= 4 is 22.4 Å². The maximum atomic E-state index is 11.2. The van der Waals surface area contributed by atoms with Gasteiger partial charge in [0, 0.05) is 60.8 Å². The zero-order valence-corrected chi connectivity index (χ0v) is 21.9. The molecule has 3 atom stereocenters. The fraction of sp³-hybridized carbons (Fsp3) is 0.379. The number of benzene rings is 2. The molecule has 0 amide bonds. The van der Waals surface area contributed by atoms with Crippen LogP contribution < -0.4 is 14.4 Å². The van der Waals surface area contributed by atoms with Gasteiger partial charge in [0.15, 0.2) is 0 Å². The van der Waals surface area contributed by atoms with Crippen LogP contribution in [0.25, 0.3) is 22.3 Å². The van der Waals surface area contributed by atoms with Crippen LogP contribution in [0, 0.1) is 23.2 Å². The second-order valence-electron chi connectivity index (χ2n) is 9.91. The van der Waals surface area contributed by atoms with Crippen molar-refractivity contribution in [3.63, 3.8) is 0 Å². The van der Waals surface area contributed by atoms with Gasteiger partial charge in [0.2, 0.25) is 0 Å². The highest BCUT2D eigenvalue weighted by Gasteiger charge is 2.27. The van der Waals surface area contributed by atoms with Crippen LogP contribution >= 0.6 is 0 Å². The van der Waals surface area contributed by atoms with Crippen molar-refractivity contribution < 1.29 is 14.6 Å². The molecule has 2 aromatic carbocycles. The quantitative estimate of drug-likeness (QED) is 0.338. The van der Waals surface area contributed by atoms with Crippen molar-refractivity contribution in [1.29, 1.82) is 5.26 Å². The lowest BCUT2D eigenvalue weighted by atomic mass is 9.98. The highest BCUT2D eigenvalue weighted by molar-refractivity contribution is 5.82. The van der Waals surface area contributed by atoms with Gasteiger partial charge in [-0.1, -0.05) is 0 Å². The number of aliphatic hydroxyl groups is 1. The van der Waals surface area contributed by atoms with Crippen LogP contribution in [0.4, 0.5) is 11.4 Å². The summed E-state index contributed by atoms with van der Waals surface area (Å²) in [5, 5.41) is 24.7. The minimum atomic E-state index is -0.585. The SMILES string of the molecule is COc1cc(OC)cc(N(C[C@H](O)CC2CC[C@H](C#N)C2)c2ccc3ncc(-c4cnn(C)c4)nc3c2)c1. The highest BCUT2D eigenvalue weighted by atomic mass is 16.5. The van der Waals surface area contributed by atoms with Crippen molar-refractivity contribution in [3.05, 3.63) is 55.0 Å². The topological polar surface area (TPSA) is 109 Å². The van der Waals surface area contributed by atoms with Gasteiger partial charge in [-0.25, -0.2) is 4.98 Å². The van der Waals surface area contributed by atoms with Gasteiger partial charge in [-0.15, -0.1) is 0 Å². The molecule has 0 aliphatic heterocycles. The van der Waals surface area contributed by atoms with E-state index in [1.807, 2.05) is 49.6 Å². The van der Waals surface area contributed by atoms with Crippen LogP contribution in [-0.2, 0) is 7.05 Å². The predicted octanol–water partition coefficient (Wildman–Crippen LogP) is 4.88. The van der Waals surface area contributed by atoms with Crippen molar-refractivity contribution in [2.75, 3.05) is 25.7 Å². The number of hydrogen-bond acceptors (Lipinski definition) is 8. The molecule has 0 spiro atoms. The van der Waals surface area contributed by atoms with Crippen LogP contribution in [0.15, 0.2) is 55.0 Å². The molecule has 1 unspecified atom stereocenters. The average Bonchev–Trinajstić information content (AvgIpc) is 3.59. The van der Waals surface area contributed by atoms with Gasteiger partial charge < -0.3 is 19.5 Å². The first-order chi connectivity index (χ1) is 18.4. The number of nitriles is 1. The molecule has 1 N–H and O–H groups in total. The van der Waals surface area contributed by atoms with E-state index in [9.17, 15) is 10.4 Å². The summed E-state index contributed by atoms with van der Waals surface area (Å²) in [6.45, 7) is 0.366. The number of fused-ring (bicyclic) bond motifs is 1. The van der Waals surface area contributed by atoms with Crippen LogP contribution in [0.5, 0.6) is 11.5 Å². The van der Waals surface area contributed by atoms with Crippen LogP contribution in [0.1, 0.15) is 25.7 Å². The summed E-state index contributed by atoms with van der Waals surface area (Å²) in [7, 11) is 5.11. The van der Waals surface area contributed by atoms with Crippen LogP contribution in [0.2, 0.25) is 0 Å². The Hall–Kier alpha value is -4.16. The lowest BCUT2D eigenvalue weighted by Gasteiger charge is -2.29. The van der Waals surface area contributed by atoms with E-state index in [-0.39, 0.29) is 5.92 Å². The van der Waals surface area contributed by atoms with Gasteiger partial charge >= 0.3 is 0 Å². The Morgan fingerprint density at radius 1 is 1.08 bits per heavy atom. The lowest BCUT2D eigenvalue weighted by molar-refractivity contribution is 0.150. The Bertz CT molecular complexity index is 1440. The summed E-state index contributed by atoms with van der Waals surface area (Å²) in [4.78, 5) is 11.5. The molecule has 2 aromatic heterocycles. The summed E-state index contributed by atoms with van der Waals surface area (Å²) in [6, 6.07) is 14.0. The van der Waals surface area contributed by atoms with E-state index in [4.69, 9.17) is 14.5 Å². The zero-order chi connectivity index (χ0) is 26.6. The molecule has 0 bridgehead atoms. The summed E-state index contributed by atoms with van der Waals surface area (Å²) in [5.74, 6) is 1.76. The van der Waals surface area contributed by atoms with Crippen molar-refractivity contribution in [1.82, 2.24) is 19.7 Å². The van der Waals surface area contributed by atoms with E-state index in [2.05, 4.69) is 21.1 Å². The van der Waals surface area contributed by atoms with E-state index in [0.717, 1.165) is 52.9 Å². The van der Waals surface area contributed by atoms with Crippen LogP contribution in [-0.4, -0.2) is 51.7 Å². The summed E-state index contributed by atoms with van der Waals surface area (Å²) < 4.78 is 12.8. The van der Waals surface area contributed by atoms with Crippen LogP contribution in [0.3, 0.4) is 0 Å². The Morgan fingerprint density at radius 2 is 1.87 bits per heavy atom. The predicted molar refractivity (Wildman–Crippen MR) is 145 cm³/mol. The molecule has 5 rings (SSSR count). The van der Waals surface area contributed by atoms with Crippen molar-refractivity contribution in [2.24, 2.45) is 18.9 Å². The molecule has 4 aromatic rings. The molecule has 9 heteroatoms. The maximum Gasteiger partial charge on any atom is 0.124 e. The fourth-order valence-electron chi connectivity index (χ4n) is 5.24. The highest BCUT2D eigenvalue weighted by Crippen LogP contribution is 2.37. The van der Waals surface area contributed by atoms with E-state index in [1.165, 1.54) is 0 Å². The number of anilines is 2. The number of hydrogen-bond donors (Lipinski definition) is 1. The molecule has 9 nitrogen and oxygen atoms in total. The second kappa shape index (κ2) is 11.1. The largest absolute Gasteiger partial charge is 0.497 e. The second-order valence-corrected chi connectivity index (χ2v) is 9.91. The third kappa shape index (κ3) is 5.55. The number of aliphatic hydroxyl groups excluding tert-OH is 1. The normalized spacial score (nSPS) is 17.8. The Labute approximate surface area is 222 Å². The maximum absolute atomic E-state index is 11.2. The third-order valence-corrected chi connectivity index (χ3v) is 7.21. The van der Waals surface area contributed by atoms with Gasteiger partial charge in [-0.05, 0) is 49.8 Å². The van der Waals surface area contributed by atoms with Crippen molar-refractivity contribution in [3.8, 4) is 28.8 Å². The molecule has 196 valence electrons. The first kappa shape index (κ1) is 25.5. The molecule has 1 aliphatic carbocycles. The summed E-state index contributed by atoms with van der Waals surface area (Å²) >= 11 is 0. The molecule has 1 fully saturated rings. The Balaban J connectivity index is 1.50. The third-order valence-electron chi connectivity index (χ3n) is 7.21.